The molecule has 0 radical (unpaired) electrons. The summed E-state index contributed by atoms with van der Waals surface area (Å²) in [5, 5.41) is 8.74. The summed E-state index contributed by atoms with van der Waals surface area (Å²) in [6.45, 7) is 9.04. The van der Waals surface area contributed by atoms with Crippen LogP contribution in [0.15, 0.2) is 18.3 Å². The van der Waals surface area contributed by atoms with Crippen LogP contribution in [0, 0.1) is 22.7 Å². The highest BCUT2D eigenvalue weighted by molar-refractivity contribution is 5.42. The lowest BCUT2D eigenvalue weighted by Gasteiger charge is -2.27. The summed E-state index contributed by atoms with van der Waals surface area (Å²) in [6.07, 6.45) is 2.88. The monoisotopic (exact) mass is 229 g/mol. The fraction of sp³-hybridized carbons (Fsp3) is 0.571. The summed E-state index contributed by atoms with van der Waals surface area (Å²) in [4.78, 5) is 6.67. The number of hydrogen-bond donors (Lipinski definition) is 0. The molecule has 0 spiro atoms. The van der Waals surface area contributed by atoms with Crippen molar-refractivity contribution in [3.8, 4) is 6.07 Å². The fourth-order valence-corrected chi connectivity index (χ4v) is 2.31. The van der Waals surface area contributed by atoms with E-state index in [-0.39, 0.29) is 0 Å². The van der Waals surface area contributed by atoms with E-state index in [0.717, 1.165) is 24.8 Å². The summed E-state index contributed by atoms with van der Waals surface area (Å²) >= 11 is 0. The Kier molecular flexibility index (Phi) is 3.06. The van der Waals surface area contributed by atoms with Gasteiger partial charge in [-0.1, -0.05) is 20.8 Å². The van der Waals surface area contributed by atoms with Crippen LogP contribution >= 0.6 is 0 Å². The van der Waals surface area contributed by atoms with Gasteiger partial charge in [0.2, 0.25) is 0 Å². The quantitative estimate of drug-likeness (QED) is 0.743. The first-order chi connectivity index (χ1) is 8.00. The van der Waals surface area contributed by atoms with Gasteiger partial charge in [-0.15, -0.1) is 0 Å². The molecule has 3 heteroatoms. The zero-order valence-electron chi connectivity index (χ0n) is 10.8. The Bertz CT molecular complexity index is 422. The Labute approximate surface area is 103 Å². The van der Waals surface area contributed by atoms with E-state index in [1.165, 1.54) is 6.42 Å². The van der Waals surface area contributed by atoms with Crippen molar-refractivity contribution in [2.75, 3.05) is 18.0 Å². The third kappa shape index (κ3) is 2.58. The third-order valence-corrected chi connectivity index (χ3v) is 3.61. The first-order valence-corrected chi connectivity index (χ1v) is 6.12. The van der Waals surface area contributed by atoms with Crippen LogP contribution in [0.5, 0.6) is 0 Å². The standard InChI is InChI=1S/C14H19N3/c1-14(2,3)12-6-7-17(10-12)13-5-4-11(8-15)9-16-13/h4-5,9,12H,6-7,10H2,1-3H3. The first-order valence-electron chi connectivity index (χ1n) is 6.12. The van der Waals surface area contributed by atoms with Crippen LogP contribution < -0.4 is 4.90 Å². The van der Waals surface area contributed by atoms with Crippen LogP contribution in [-0.2, 0) is 0 Å². The van der Waals surface area contributed by atoms with Crippen LogP contribution in [0.4, 0.5) is 5.82 Å². The van der Waals surface area contributed by atoms with Crippen molar-refractivity contribution in [3.63, 3.8) is 0 Å². The second kappa shape index (κ2) is 4.37. The van der Waals surface area contributed by atoms with E-state index in [4.69, 9.17) is 5.26 Å². The molecule has 1 atom stereocenters. The van der Waals surface area contributed by atoms with E-state index in [2.05, 4.69) is 36.7 Å². The normalized spacial score (nSPS) is 20.4. The molecule has 0 bridgehead atoms. The molecule has 0 amide bonds. The molecule has 1 aliphatic heterocycles. The summed E-state index contributed by atoms with van der Waals surface area (Å²) in [5.74, 6) is 1.72. The van der Waals surface area contributed by atoms with Crippen LogP contribution in [0.25, 0.3) is 0 Å². The number of aromatic nitrogens is 1. The summed E-state index contributed by atoms with van der Waals surface area (Å²) in [5.41, 5.74) is 0.988. The average Bonchev–Trinajstić information content (AvgIpc) is 2.78. The predicted molar refractivity (Wildman–Crippen MR) is 68.7 cm³/mol. The predicted octanol–water partition coefficient (Wildman–Crippen LogP) is 2.83. The summed E-state index contributed by atoms with van der Waals surface area (Å²) in [6, 6.07) is 5.88. The van der Waals surface area contributed by atoms with Gasteiger partial charge in [0, 0.05) is 19.3 Å². The van der Waals surface area contributed by atoms with Gasteiger partial charge in [0.05, 0.1) is 5.56 Å². The number of rotatable bonds is 1. The highest BCUT2D eigenvalue weighted by atomic mass is 15.2. The minimum Gasteiger partial charge on any atom is -0.356 e. The number of anilines is 1. The van der Waals surface area contributed by atoms with E-state index in [1.807, 2.05) is 12.1 Å². The van der Waals surface area contributed by atoms with E-state index in [9.17, 15) is 0 Å². The van der Waals surface area contributed by atoms with Gasteiger partial charge in [-0.25, -0.2) is 4.98 Å². The molecule has 2 rings (SSSR count). The zero-order chi connectivity index (χ0) is 12.5. The molecule has 0 aromatic carbocycles. The lowest BCUT2D eigenvalue weighted by Crippen LogP contribution is -2.26. The van der Waals surface area contributed by atoms with Crippen LogP contribution in [0.2, 0.25) is 0 Å². The topological polar surface area (TPSA) is 39.9 Å². The molecule has 1 aliphatic rings. The SMILES string of the molecule is CC(C)(C)C1CCN(c2ccc(C#N)cn2)C1. The molecular weight excluding hydrogens is 210 g/mol. The average molecular weight is 229 g/mol. The molecule has 1 aromatic heterocycles. The Hall–Kier alpha value is -1.56. The molecule has 0 aliphatic carbocycles. The van der Waals surface area contributed by atoms with E-state index < -0.39 is 0 Å². The largest absolute Gasteiger partial charge is 0.356 e. The maximum atomic E-state index is 8.74. The number of hydrogen-bond acceptors (Lipinski definition) is 3. The second-order valence-electron chi connectivity index (χ2n) is 5.81. The number of nitrogens with zero attached hydrogens (tertiary/aromatic N) is 3. The van der Waals surface area contributed by atoms with Crippen LogP contribution in [-0.4, -0.2) is 18.1 Å². The smallest absolute Gasteiger partial charge is 0.128 e. The molecule has 0 N–H and O–H groups in total. The molecule has 2 heterocycles. The van der Waals surface area contributed by atoms with Crippen molar-refractivity contribution < 1.29 is 0 Å². The Morgan fingerprint density at radius 3 is 2.65 bits per heavy atom. The van der Waals surface area contributed by atoms with Crippen molar-refractivity contribution >= 4 is 5.82 Å². The van der Waals surface area contributed by atoms with Crippen molar-refractivity contribution in [2.45, 2.75) is 27.2 Å². The Morgan fingerprint density at radius 2 is 2.18 bits per heavy atom. The Morgan fingerprint density at radius 1 is 1.41 bits per heavy atom. The van der Waals surface area contributed by atoms with Crippen molar-refractivity contribution in [1.82, 2.24) is 4.98 Å². The maximum Gasteiger partial charge on any atom is 0.128 e. The molecular formula is C14H19N3. The van der Waals surface area contributed by atoms with Crippen LogP contribution in [0.1, 0.15) is 32.8 Å². The fourth-order valence-electron chi connectivity index (χ4n) is 2.31. The highest BCUT2D eigenvalue weighted by Gasteiger charge is 2.32. The summed E-state index contributed by atoms with van der Waals surface area (Å²) in [7, 11) is 0. The minimum atomic E-state index is 0.362. The highest BCUT2D eigenvalue weighted by Crippen LogP contribution is 2.34. The lowest BCUT2D eigenvalue weighted by molar-refractivity contribution is 0.263. The lowest BCUT2D eigenvalue weighted by atomic mass is 9.80. The van der Waals surface area contributed by atoms with E-state index in [1.54, 1.807) is 6.20 Å². The second-order valence-corrected chi connectivity index (χ2v) is 5.81. The van der Waals surface area contributed by atoms with E-state index >= 15 is 0 Å². The van der Waals surface area contributed by atoms with Gasteiger partial charge < -0.3 is 4.90 Å². The van der Waals surface area contributed by atoms with Gasteiger partial charge in [0.25, 0.3) is 0 Å². The number of pyridine rings is 1. The molecule has 0 saturated carbocycles. The van der Waals surface area contributed by atoms with Gasteiger partial charge in [0.1, 0.15) is 11.9 Å². The Balaban J connectivity index is 2.08. The molecule has 90 valence electrons. The van der Waals surface area contributed by atoms with Gasteiger partial charge >= 0.3 is 0 Å². The van der Waals surface area contributed by atoms with Crippen molar-refractivity contribution in [3.05, 3.63) is 23.9 Å². The first kappa shape index (κ1) is 11.9. The molecule has 17 heavy (non-hydrogen) atoms. The van der Waals surface area contributed by atoms with Gasteiger partial charge in [0.15, 0.2) is 0 Å². The van der Waals surface area contributed by atoms with E-state index in [0.29, 0.717) is 11.0 Å². The molecule has 1 unspecified atom stereocenters. The van der Waals surface area contributed by atoms with Gasteiger partial charge in [-0.2, -0.15) is 5.26 Å². The van der Waals surface area contributed by atoms with Gasteiger partial charge in [-0.3, -0.25) is 0 Å². The zero-order valence-corrected chi connectivity index (χ0v) is 10.8. The van der Waals surface area contributed by atoms with Crippen molar-refractivity contribution in [2.24, 2.45) is 11.3 Å². The third-order valence-electron chi connectivity index (χ3n) is 3.61. The molecule has 1 aromatic rings. The summed E-state index contributed by atoms with van der Waals surface area (Å²) < 4.78 is 0. The minimum absolute atomic E-state index is 0.362. The molecule has 1 fully saturated rings. The maximum absolute atomic E-state index is 8.74. The number of nitriles is 1. The van der Waals surface area contributed by atoms with Crippen molar-refractivity contribution in [1.29, 1.82) is 5.26 Å². The van der Waals surface area contributed by atoms with Gasteiger partial charge in [-0.05, 0) is 29.9 Å². The van der Waals surface area contributed by atoms with Crippen LogP contribution in [0.3, 0.4) is 0 Å². The molecule has 1 saturated heterocycles. The molecule has 3 nitrogen and oxygen atoms in total.